The van der Waals surface area contributed by atoms with Gasteiger partial charge in [-0.3, -0.25) is 9.59 Å². The van der Waals surface area contributed by atoms with E-state index in [0.717, 1.165) is 65.1 Å². The van der Waals surface area contributed by atoms with Gasteiger partial charge in [0.15, 0.2) is 12.0 Å². The number of carbonyl (C=O) groups is 4. The molecule has 17 heteroatoms. The Morgan fingerprint density at radius 3 is 2.44 bits per heavy atom. The Kier molecular flexibility index (Phi) is 15.9. The second kappa shape index (κ2) is 22.2. The fraction of sp³-hybridized carbons (Fsp3) is 0.519. The molecule has 2 aliphatic heterocycles. The first-order chi connectivity index (χ1) is 34.2. The number of fused-ring (bicyclic) bond motifs is 4. The van der Waals surface area contributed by atoms with Gasteiger partial charge in [0.25, 0.3) is 0 Å². The number of H-pyrrole nitrogens is 2. The molecule has 3 aromatic heterocycles. The number of carbonyl (C=O) groups excluding carboxylic acids is 4. The Morgan fingerprint density at radius 1 is 0.958 bits per heavy atom. The van der Waals surface area contributed by atoms with Gasteiger partial charge in [-0.15, -0.1) is 0 Å². The summed E-state index contributed by atoms with van der Waals surface area (Å²) < 4.78 is 41.4. The third kappa shape index (κ3) is 10.8. The molecule has 4 aromatic rings. The number of nitrogens with zero attached hydrogens (tertiary/aromatic N) is 4. The molecule has 4 aliphatic rings. The first-order valence-corrected chi connectivity index (χ1v) is 25.2. The van der Waals surface area contributed by atoms with Crippen LogP contribution in [0, 0.1) is 23.7 Å². The summed E-state index contributed by atoms with van der Waals surface area (Å²) in [5, 5.41) is 6.37. The highest BCUT2D eigenvalue weighted by Gasteiger charge is 2.41. The van der Waals surface area contributed by atoms with Gasteiger partial charge in [0.05, 0.1) is 74.0 Å². The van der Waals surface area contributed by atoms with Crippen molar-refractivity contribution in [3.8, 4) is 11.3 Å². The van der Waals surface area contributed by atoms with Crippen molar-refractivity contribution in [3.05, 3.63) is 95.5 Å². The van der Waals surface area contributed by atoms with E-state index in [1.807, 2.05) is 46.0 Å². The number of likely N-dealkylation sites (tertiary alicyclic amines) is 1. The van der Waals surface area contributed by atoms with Crippen molar-refractivity contribution < 1.29 is 42.5 Å². The van der Waals surface area contributed by atoms with Gasteiger partial charge in [0.1, 0.15) is 35.4 Å². The highest BCUT2D eigenvalue weighted by atomic mass is 19.1. The van der Waals surface area contributed by atoms with Crippen LogP contribution in [0.15, 0.2) is 72.5 Å². The van der Waals surface area contributed by atoms with Crippen LogP contribution in [0.1, 0.15) is 128 Å². The lowest BCUT2D eigenvalue weighted by Gasteiger charge is -2.37. The Morgan fingerprint density at radius 2 is 1.72 bits per heavy atom. The smallest absolute Gasteiger partial charge is 0.407 e. The summed E-state index contributed by atoms with van der Waals surface area (Å²) >= 11 is 0. The van der Waals surface area contributed by atoms with E-state index in [2.05, 4.69) is 68.5 Å². The predicted octanol–water partition coefficient (Wildman–Crippen LogP) is 10.0. The number of alkyl carbamates (subject to hydrolysis) is 2. The second-order valence-corrected chi connectivity index (χ2v) is 19.7. The number of ketones is 1. The molecule has 0 bridgehead atoms. The number of aromatic nitrogens is 5. The van der Waals surface area contributed by atoms with Crippen LogP contribution in [0.25, 0.3) is 33.3 Å². The van der Waals surface area contributed by atoms with Crippen molar-refractivity contribution >= 4 is 45.9 Å². The summed E-state index contributed by atoms with van der Waals surface area (Å²) in [4.78, 5) is 69.7. The minimum absolute atomic E-state index is 0.00594. The molecule has 16 nitrogen and oxygen atoms in total. The number of aromatic amines is 2. The maximum atomic E-state index is 17.1. The topological polar surface area (TPSA) is 195 Å². The highest BCUT2D eigenvalue weighted by molar-refractivity contribution is 5.93. The molecule has 8 unspecified atom stereocenters. The van der Waals surface area contributed by atoms with Crippen LogP contribution in [-0.4, -0.2) is 99.4 Å². The zero-order valence-corrected chi connectivity index (χ0v) is 42.2. The SMILES string of the molecule is CCCC(CCC(=O)C(NC(=O)OC)C(C)CC)Cc1ncc(-c2ccc3c(c2)cc2n3C(C3C=C(OC)C=CC3)OC3=C2C(F)CC(c2cnc(C4CCCN4C(=O)C(NC(=O)OC)C(C)C)[nH]2)=C3)[nH]1. The van der Waals surface area contributed by atoms with Crippen molar-refractivity contribution in [1.82, 2.24) is 40.0 Å². The average Bonchev–Trinajstić information content (AvgIpc) is 4.22. The number of hydrogen-bond acceptors (Lipinski definition) is 10. The van der Waals surface area contributed by atoms with Gasteiger partial charge in [0, 0.05) is 42.7 Å². The number of allylic oxidation sites excluding steroid dienone is 5. The number of imidazole rings is 2. The largest absolute Gasteiger partial charge is 0.497 e. The van der Waals surface area contributed by atoms with E-state index < -0.39 is 36.7 Å². The summed E-state index contributed by atoms with van der Waals surface area (Å²) in [6, 6.07) is 6.58. The Balaban J connectivity index is 1.06. The molecule has 1 saturated heterocycles. The van der Waals surface area contributed by atoms with E-state index in [-0.39, 0.29) is 47.8 Å². The highest BCUT2D eigenvalue weighted by Crippen LogP contribution is 2.48. The first-order valence-electron chi connectivity index (χ1n) is 25.2. The van der Waals surface area contributed by atoms with Crippen LogP contribution in [0.4, 0.5) is 14.0 Å². The number of nitrogens with one attached hydrogen (secondary N) is 4. The molecule has 4 N–H and O–H groups in total. The summed E-state index contributed by atoms with van der Waals surface area (Å²) in [7, 11) is 4.22. The quantitative estimate of drug-likeness (QED) is 0.0702. The normalized spacial score (nSPS) is 21.4. The van der Waals surface area contributed by atoms with Crippen LogP contribution in [-0.2, 0) is 35.0 Å². The second-order valence-electron chi connectivity index (χ2n) is 19.7. The summed E-state index contributed by atoms with van der Waals surface area (Å²) in [6.45, 7) is 10.4. The van der Waals surface area contributed by atoms with Crippen LogP contribution in [0.2, 0.25) is 0 Å². The Hall–Kier alpha value is -6.65. The van der Waals surface area contributed by atoms with Crippen LogP contribution in [0.5, 0.6) is 0 Å². The van der Waals surface area contributed by atoms with Crippen molar-refractivity contribution in [2.45, 2.75) is 129 Å². The molecule has 0 radical (unpaired) electrons. The summed E-state index contributed by atoms with van der Waals surface area (Å²) in [6.07, 6.45) is 14.9. The molecular weight excluding hydrogens is 908 g/mol. The first kappa shape index (κ1) is 50.7. The molecule has 0 saturated carbocycles. The molecule has 8 rings (SSSR count). The molecule has 5 heterocycles. The monoisotopic (exact) mass is 977 g/mol. The maximum Gasteiger partial charge on any atom is 0.407 e. The number of rotatable bonds is 19. The lowest BCUT2D eigenvalue weighted by Crippen LogP contribution is -2.51. The van der Waals surface area contributed by atoms with Crippen LogP contribution in [0.3, 0.4) is 0 Å². The Bertz CT molecular complexity index is 2730. The number of benzene rings is 1. The number of hydrogen-bond donors (Lipinski definition) is 4. The van der Waals surface area contributed by atoms with E-state index >= 15 is 4.39 Å². The lowest BCUT2D eigenvalue weighted by molar-refractivity contribution is -0.135. The van der Waals surface area contributed by atoms with Crippen LogP contribution >= 0.6 is 0 Å². The number of amides is 3. The molecule has 3 amide bonds. The van der Waals surface area contributed by atoms with Crippen LogP contribution < -0.4 is 10.6 Å². The molecule has 1 fully saturated rings. The number of methoxy groups -OCH3 is 3. The van der Waals surface area contributed by atoms with Gasteiger partial charge in [-0.05, 0) is 85.4 Å². The minimum Gasteiger partial charge on any atom is -0.497 e. The third-order valence-corrected chi connectivity index (χ3v) is 14.7. The summed E-state index contributed by atoms with van der Waals surface area (Å²) in [5.74, 6) is 2.32. The zero-order chi connectivity index (χ0) is 50.5. The van der Waals surface area contributed by atoms with E-state index in [1.165, 1.54) is 14.2 Å². The van der Waals surface area contributed by atoms with Gasteiger partial charge in [-0.25, -0.2) is 23.9 Å². The lowest BCUT2D eigenvalue weighted by atomic mass is 9.88. The standard InChI is InChI=1S/C54H69FN8O8/c1-9-13-32(17-20-44(64)49(31(5)10-2)61-54(67)70-8)22-46-56-28-39(58-46)33-18-19-41-36(23-33)26-43-47-38(55)25-35(27-45(47)71-52(63(41)43)34-14-11-15-37(24-34)68-6)40-29-57-50(59-40)42-16-12-21-62(42)51(65)48(30(3)4)60-53(66)69-7/h11,15,18-19,23-24,26-32,34,38,42,48-49,52H,9-10,12-14,16-17,20-22,25H2,1-8H3,(H,56,58)(H,57,59)(H,60,66)(H,61,67). The molecule has 71 heavy (non-hydrogen) atoms. The summed E-state index contributed by atoms with van der Waals surface area (Å²) in [5.41, 5.74) is 5.27. The maximum absolute atomic E-state index is 17.1. The van der Waals surface area contributed by atoms with Crippen molar-refractivity contribution in [2.75, 3.05) is 27.9 Å². The van der Waals surface area contributed by atoms with Crippen molar-refractivity contribution in [2.24, 2.45) is 23.7 Å². The zero-order valence-electron chi connectivity index (χ0n) is 42.2. The molecule has 2 aliphatic carbocycles. The fourth-order valence-corrected chi connectivity index (χ4v) is 10.6. The average molecular weight is 977 g/mol. The van der Waals surface area contributed by atoms with Crippen molar-refractivity contribution in [1.29, 1.82) is 0 Å². The van der Waals surface area contributed by atoms with E-state index in [9.17, 15) is 19.2 Å². The number of Topliss-reactive ketones (excluding diaryl/α,β-unsaturated/α-hetero) is 1. The molecular formula is C54H69FN8O8. The number of alkyl halides is 1. The minimum atomic E-state index is -1.40. The van der Waals surface area contributed by atoms with Gasteiger partial charge in [0.2, 0.25) is 5.91 Å². The van der Waals surface area contributed by atoms with Crippen molar-refractivity contribution in [3.63, 3.8) is 0 Å². The van der Waals surface area contributed by atoms with E-state index in [0.29, 0.717) is 67.1 Å². The fourth-order valence-electron chi connectivity index (χ4n) is 10.6. The van der Waals surface area contributed by atoms with E-state index in [1.54, 1.807) is 18.2 Å². The molecule has 8 atom stereocenters. The predicted molar refractivity (Wildman–Crippen MR) is 268 cm³/mol. The molecule has 380 valence electrons. The molecule has 0 spiro atoms. The van der Waals surface area contributed by atoms with Gasteiger partial charge < -0.3 is 49.0 Å². The third-order valence-electron chi connectivity index (χ3n) is 14.7. The van der Waals surface area contributed by atoms with E-state index in [4.69, 9.17) is 28.9 Å². The number of ether oxygens (including phenoxy) is 4. The molecule has 1 aromatic carbocycles. The van der Waals surface area contributed by atoms with Gasteiger partial charge in [-0.1, -0.05) is 66.0 Å². The van der Waals surface area contributed by atoms with Gasteiger partial charge >= 0.3 is 12.2 Å². The van der Waals surface area contributed by atoms with Gasteiger partial charge in [-0.2, -0.15) is 0 Å². The Labute approximate surface area is 414 Å². The number of halogens is 1.